The summed E-state index contributed by atoms with van der Waals surface area (Å²) in [6, 6.07) is 0. The van der Waals surface area contributed by atoms with E-state index in [9.17, 15) is 10.2 Å². The van der Waals surface area contributed by atoms with Crippen molar-refractivity contribution in [3.05, 3.63) is 12.7 Å². The number of anilines is 1. The molecule has 3 rings (SSSR count). The van der Waals surface area contributed by atoms with Gasteiger partial charge in [0, 0.05) is 6.54 Å². The van der Waals surface area contributed by atoms with E-state index < -0.39 is 24.5 Å². The highest BCUT2D eigenvalue weighted by Crippen LogP contribution is 2.31. The molecule has 0 amide bonds. The van der Waals surface area contributed by atoms with Crippen molar-refractivity contribution in [1.82, 2.24) is 19.5 Å². The number of hydrogen-bond donors (Lipinski definition) is 4. The lowest BCUT2D eigenvalue weighted by Crippen LogP contribution is -2.35. The Bertz CT molecular complexity index is 602. The predicted octanol–water partition coefficient (Wildman–Crippen LogP) is -2.01. The lowest BCUT2D eigenvalue weighted by Gasteiger charge is -2.16. The van der Waals surface area contributed by atoms with Gasteiger partial charge in [0.1, 0.15) is 30.2 Å². The van der Waals surface area contributed by atoms with E-state index in [-0.39, 0.29) is 12.4 Å². The van der Waals surface area contributed by atoms with Crippen LogP contribution < -0.4 is 11.5 Å². The summed E-state index contributed by atoms with van der Waals surface area (Å²) < 4.78 is 7.04. The van der Waals surface area contributed by atoms with Gasteiger partial charge in [0.25, 0.3) is 0 Å². The summed E-state index contributed by atoms with van der Waals surface area (Å²) in [6.45, 7) is 0.110. The maximum atomic E-state index is 10.0. The highest BCUT2D eigenvalue weighted by Gasteiger charge is 2.43. The Kier molecular flexibility index (Phi) is 2.82. The van der Waals surface area contributed by atoms with Crippen molar-refractivity contribution in [2.45, 2.75) is 24.5 Å². The van der Waals surface area contributed by atoms with Crippen LogP contribution in [0, 0.1) is 0 Å². The lowest BCUT2D eigenvalue weighted by molar-refractivity contribution is -0.0322. The molecule has 4 atom stereocenters. The predicted molar refractivity (Wildman–Crippen MR) is 64.7 cm³/mol. The maximum absolute atomic E-state index is 10.0. The number of aliphatic hydroxyl groups excluding tert-OH is 2. The molecule has 1 saturated heterocycles. The zero-order chi connectivity index (χ0) is 13.6. The molecule has 1 fully saturated rings. The average molecular weight is 266 g/mol. The average Bonchev–Trinajstić information content (AvgIpc) is 2.94. The van der Waals surface area contributed by atoms with Gasteiger partial charge < -0.3 is 26.4 Å². The summed E-state index contributed by atoms with van der Waals surface area (Å²) in [6.07, 6.45) is -0.850. The van der Waals surface area contributed by atoms with E-state index in [1.165, 1.54) is 17.2 Å². The molecule has 2 aromatic heterocycles. The third-order valence-corrected chi connectivity index (χ3v) is 3.23. The van der Waals surface area contributed by atoms with Crippen LogP contribution in [0.3, 0.4) is 0 Å². The Balaban J connectivity index is 2.04. The highest BCUT2D eigenvalue weighted by molar-refractivity contribution is 5.81. The SMILES string of the molecule is NC[C@@H]1O[C@H](n2cnc3c(N)ncnc32)[C@@H](O)[C@@H]1O. The smallest absolute Gasteiger partial charge is 0.167 e. The second kappa shape index (κ2) is 4.38. The molecular weight excluding hydrogens is 252 g/mol. The second-order valence-electron chi connectivity index (χ2n) is 4.36. The zero-order valence-corrected chi connectivity index (χ0v) is 9.92. The number of imidazole rings is 1. The molecule has 1 aliphatic heterocycles. The molecule has 102 valence electrons. The van der Waals surface area contributed by atoms with Crippen LogP contribution in [-0.2, 0) is 4.74 Å². The van der Waals surface area contributed by atoms with Gasteiger partial charge in [-0.3, -0.25) is 4.57 Å². The minimum Gasteiger partial charge on any atom is -0.387 e. The maximum Gasteiger partial charge on any atom is 0.167 e. The van der Waals surface area contributed by atoms with E-state index in [0.29, 0.717) is 11.2 Å². The summed E-state index contributed by atoms with van der Waals surface area (Å²) in [7, 11) is 0. The summed E-state index contributed by atoms with van der Waals surface area (Å²) in [5.74, 6) is 0.243. The topological polar surface area (TPSA) is 145 Å². The van der Waals surface area contributed by atoms with Crippen LogP contribution in [0.1, 0.15) is 6.23 Å². The van der Waals surface area contributed by atoms with Gasteiger partial charge in [0.05, 0.1) is 6.33 Å². The van der Waals surface area contributed by atoms with Crippen LogP contribution >= 0.6 is 0 Å². The molecule has 0 aromatic carbocycles. The fraction of sp³-hybridized carbons (Fsp3) is 0.500. The largest absolute Gasteiger partial charge is 0.387 e. The zero-order valence-electron chi connectivity index (χ0n) is 9.92. The molecule has 3 heterocycles. The molecule has 1 aliphatic rings. The Morgan fingerprint density at radius 2 is 2.05 bits per heavy atom. The quantitative estimate of drug-likeness (QED) is 0.487. The van der Waals surface area contributed by atoms with Crippen LogP contribution in [0.4, 0.5) is 5.82 Å². The molecule has 0 bridgehead atoms. The van der Waals surface area contributed by atoms with Crippen LogP contribution in [0.25, 0.3) is 11.2 Å². The normalized spacial score (nSPS) is 31.1. The van der Waals surface area contributed by atoms with Crippen LogP contribution in [0.15, 0.2) is 12.7 Å². The number of ether oxygens (including phenoxy) is 1. The number of nitrogen functional groups attached to an aromatic ring is 1. The Labute approximate surface area is 107 Å². The molecule has 9 heteroatoms. The van der Waals surface area contributed by atoms with Crippen molar-refractivity contribution >= 4 is 17.0 Å². The first-order valence-corrected chi connectivity index (χ1v) is 5.78. The molecule has 6 N–H and O–H groups in total. The number of nitrogens with two attached hydrogens (primary N) is 2. The van der Waals surface area contributed by atoms with Gasteiger partial charge in [0.15, 0.2) is 17.7 Å². The summed E-state index contributed by atoms with van der Waals surface area (Å²) in [4.78, 5) is 12.0. The molecule has 0 saturated carbocycles. The lowest BCUT2D eigenvalue weighted by atomic mass is 10.1. The third kappa shape index (κ3) is 1.75. The molecule has 0 aliphatic carbocycles. The van der Waals surface area contributed by atoms with Gasteiger partial charge in [-0.2, -0.15) is 0 Å². The van der Waals surface area contributed by atoms with Crippen LogP contribution in [0.2, 0.25) is 0 Å². The summed E-state index contributed by atoms with van der Waals surface area (Å²) in [5, 5.41) is 19.8. The van der Waals surface area contributed by atoms with Gasteiger partial charge in [-0.05, 0) is 0 Å². The third-order valence-electron chi connectivity index (χ3n) is 3.23. The first-order chi connectivity index (χ1) is 9.13. The number of hydrogen-bond acceptors (Lipinski definition) is 8. The molecule has 0 radical (unpaired) electrons. The number of rotatable bonds is 2. The van der Waals surface area contributed by atoms with E-state index in [2.05, 4.69) is 15.0 Å². The van der Waals surface area contributed by atoms with Gasteiger partial charge in [-0.15, -0.1) is 0 Å². The number of aromatic nitrogens is 4. The Hall–Kier alpha value is -1.81. The Morgan fingerprint density at radius 1 is 1.26 bits per heavy atom. The number of fused-ring (bicyclic) bond motifs is 1. The highest BCUT2D eigenvalue weighted by atomic mass is 16.6. The molecule has 0 spiro atoms. The van der Waals surface area contributed by atoms with Crippen molar-refractivity contribution in [3.63, 3.8) is 0 Å². The van der Waals surface area contributed by atoms with Gasteiger partial charge in [-0.25, -0.2) is 15.0 Å². The fourth-order valence-electron chi connectivity index (χ4n) is 2.21. The summed E-state index contributed by atoms with van der Waals surface area (Å²) in [5.41, 5.74) is 12.0. The minimum absolute atomic E-state index is 0.110. The van der Waals surface area contributed by atoms with Crippen molar-refractivity contribution in [2.75, 3.05) is 12.3 Å². The van der Waals surface area contributed by atoms with Crippen molar-refractivity contribution in [1.29, 1.82) is 0 Å². The minimum atomic E-state index is -1.11. The first kappa shape index (κ1) is 12.2. The van der Waals surface area contributed by atoms with Crippen molar-refractivity contribution in [2.24, 2.45) is 5.73 Å². The van der Waals surface area contributed by atoms with Crippen molar-refractivity contribution < 1.29 is 14.9 Å². The van der Waals surface area contributed by atoms with Crippen molar-refractivity contribution in [3.8, 4) is 0 Å². The summed E-state index contributed by atoms with van der Waals surface area (Å²) >= 11 is 0. The molecule has 2 aromatic rings. The monoisotopic (exact) mass is 266 g/mol. The Morgan fingerprint density at radius 3 is 2.74 bits per heavy atom. The molecule has 19 heavy (non-hydrogen) atoms. The standard InChI is InChI=1S/C10H14N6O3/c11-1-4-6(17)7(18)10(19-4)16-3-15-5-8(12)13-2-14-9(5)16/h2-4,6-7,10,17-18H,1,11H2,(H2,12,13,14)/t4-,6+,7-,10-/m0/s1. The van der Waals surface area contributed by atoms with Crippen LogP contribution in [-0.4, -0.2) is 54.6 Å². The molecular formula is C10H14N6O3. The van der Waals surface area contributed by atoms with Gasteiger partial charge in [0.2, 0.25) is 0 Å². The van der Waals surface area contributed by atoms with Gasteiger partial charge >= 0.3 is 0 Å². The van der Waals surface area contributed by atoms with E-state index in [4.69, 9.17) is 16.2 Å². The van der Waals surface area contributed by atoms with E-state index in [1.807, 2.05) is 0 Å². The van der Waals surface area contributed by atoms with E-state index in [1.54, 1.807) is 0 Å². The van der Waals surface area contributed by atoms with Gasteiger partial charge in [-0.1, -0.05) is 0 Å². The molecule has 9 nitrogen and oxygen atoms in total. The van der Waals surface area contributed by atoms with E-state index in [0.717, 1.165) is 0 Å². The number of nitrogens with zero attached hydrogens (tertiary/aromatic N) is 4. The fourth-order valence-corrected chi connectivity index (χ4v) is 2.21. The second-order valence-corrected chi connectivity index (χ2v) is 4.36. The van der Waals surface area contributed by atoms with E-state index >= 15 is 0 Å². The molecule has 0 unspecified atom stereocenters. The number of aliphatic hydroxyl groups is 2. The van der Waals surface area contributed by atoms with Crippen LogP contribution in [0.5, 0.6) is 0 Å². The first-order valence-electron chi connectivity index (χ1n) is 5.78.